The number of alkyl halides is 3. The third-order valence-corrected chi connectivity index (χ3v) is 9.27. The first-order chi connectivity index (χ1) is 25.5. The van der Waals surface area contributed by atoms with Gasteiger partial charge in [-0.05, 0) is 98.0 Å². The highest BCUT2D eigenvalue weighted by Crippen LogP contribution is 2.35. The molecular weight excluding hydrogens is 723 g/mol. The molecule has 0 saturated carbocycles. The molecule has 0 atom stereocenters. The second-order valence-electron chi connectivity index (χ2n) is 12.0. The zero-order chi connectivity index (χ0) is 38.5. The van der Waals surface area contributed by atoms with Crippen molar-refractivity contribution in [2.24, 2.45) is 5.10 Å². The van der Waals surface area contributed by atoms with Gasteiger partial charge < -0.3 is 20.3 Å². The van der Waals surface area contributed by atoms with Gasteiger partial charge in [0.1, 0.15) is 6.29 Å². The predicted molar refractivity (Wildman–Crippen MR) is 211 cm³/mol. The van der Waals surface area contributed by atoms with Crippen molar-refractivity contribution in [2.75, 3.05) is 36.1 Å². The molecule has 0 aliphatic carbocycles. The number of carbonyl (C=O) groups is 3. The fraction of sp³-hybridized carbons (Fsp3) is 0.300. The van der Waals surface area contributed by atoms with Crippen molar-refractivity contribution in [3.05, 3.63) is 129 Å². The molecule has 0 bridgehead atoms. The lowest BCUT2D eigenvalue weighted by molar-refractivity contribution is -0.137. The van der Waals surface area contributed by atoms with E-state index in [-0.39, 0.29) is 16.5 Å². The quantitative estimate of drug-likeness (QED) is 0.0544. The van der Waals surface area contributed by atoms with Gasteiger partial charge in [0.25, 0.3) is 5.91 Å². The molecule has 3 N–H and O–H groups in total. The van der Waals surface area contributed by atoms with Gasteiger partial charge in [0.05, 0.1) is 16.8 Å². The summed E-state index contributed by atoms with van der Waals surface area (Å²) >= 11 is 7.11. The number of anilines is 2. The molecule has 282 valence electrons. The standard InChI is InChI=1S/C23H28N2O2S.C9H6ClF3N2O.C8H11N/c1-18-15-21(25-11-3-2-4-12-25)9-10-22(18)24-23(27)20-8-5-7-19(16-20)17-28-14-6-13-26;10-8-2-1-6(4-14-15-5-16)3-7(8)9(11,12)13;1-9-7-8-5-3-2-4-6-8/h5,7-10,13,15-16H,2-4,6,11-12,14,17H2,1H3,(H,24,27);1-5H,(H,15,16);2-6,9H,7H2,1H3/b;14-4+;. The molecule has 0 aromatic heterocycles. The van der Waals surface area contributed by atoms with Crippen molar-refractivity contribution >= 4 is 59.6 Å². The van der Waals surface area contributed by atoms with Crippen molar-refractivity contribution in [1.29, 1.82) is 0 Å². The number of amides is 2. The maximum atomic E-state index is 12.7. The van der Waals surface area contributed by atoms with Crippen LogP contribution >= 0.6 is 23.4 Å². The summed E-state index contributed by atoms with van der Waals surface area (Å²) in [5.74, 6) is 1.52. The van der Waals surface area contributed by atoms with Crippen molar-refractivity contribution in [3.8, 4) is 0 Å². The number of carbonyl (C=O) groups excluding carboxylic acids is 3. The summed E-state index contributed by atoms with van der Waals surface area (Å²) in [5, 5.41) is 9.11. The Balaban J connectivity index is 0.000000253. The summed E-state index contributed by atoms with van der Waals surface area (Å²) in [6.45, 7) is 5.23. The summed E-state index contributed by atoms with van der Waals surface area (Å²) in [7, 11) is 1.95. The molecule has 2 amide bonds. The fourth-order valence-electron chi connectivity index (χ4n) is 5.24. The molecule has 0 unspecified atom stereocenters. The van der Waals surface area contributed by atoms with Crippen LogP contribution in [0.25, 0.3) is 0 Å². The first-order valence-corrected chi connectivity index (χ1v) is 18.6. The lowest BCUT2D eigenvalue weighted by Crippen LogP contribution is -2.29. The van der Waals surface area contributed by atoms with Gasteiger partial charge in [0.2, 0.25) is 6.41 Å². The van der Waals surface area contributed by atoms with Gasteiger partial charge in [-0.3, -0.25) is 9.59 Å². The number of hydrogen-bond acceptors (Lipinski definition) is 7. The van der Waals surface area contributed by atoms with Gasteiger partial charge >= 0.3 is 6.18 Å². The molecule has 4 aromatic carbocycles. The van der Waals surface area contributed by atoms with E-state index < -0.39 is 11.7 Å². The molecule has 1 aliphatic heterocycles. The number of aldehydes is 1. The zero-order valence-electron chi connectivity index (χ0n) is 29.8. The van der Waals surface area contributed by atoms with Gasteiger partial charge in [-0.25, -0.2) is 5.43 Å². The highest BCUT2D eigenvalue weighted by molar-refractivity contribution is 7.98. The minimum absolute atomic E-state index is 0.0893. The van der Waals surface area contributed by atoms with Crippen LogP contribution in [0.2, 0.25) is 5.02 Å². The van der Waals surface area contributed by atoms with E-state index in [1.807, 2.05) is 67.9 Å². The Bertz CT molecular complexity index is 1770. The van der Waals surface area contributed by atoms with Gasteiger partial charge in [0.15, 0.2) is 0 Å². The molecule has 1 fully saturated rings. The first-order valence-electron chi connectivity index (χ1n) is 17.1. The molecule has 0 radical (unpaired) electrons. The molecule has 5 rings (SSSR count). The lowest BCUT2D eigenvalue weighted by Gasteiger charge is -2.29. The summed E-state index contributed by atoms with van der Waals surface area (Å²) < 4.78 is 37.2. The molecule has 1 aliphatic rings. The summed E-state index contributed by atoms with van der Waals surface area (Å²) in [5.41, 5.74) is 7.46. The zero-order valence-corrected chi connectivity index (χ0v) is 31.4. The minimum Gasteiger partial charge on any atom is -0.372 e. The van der Waals surface area contributed by atoms with E-state index in [0.29, 0.717) is 18.4 Å². The van der Waals surface area contributed by atoms with E-state index in [4.69, 9.17) is 11.6 Å². The molecule has 13 heteroatoms. The van der Waals surface area contributed by atoms with Crippen molar-refractivity contribution < 1.29 is 27.6 Å². The Kier molecular flexibility index (Phi) is 18.6. The number of halogens is 4. The fourth-order valence-corrected chi connectivity index (χ4v) is 6.29. The Labute approximate surface area is 318 Å². The molecule has 4 aromatic rings. The largest absolute Gasteiger partial charge is 0.417 e. The average molecular weight is 768 g/mol. The van der Waals surface area contributed by atoms with Crippen LogP contribution in [0.5, 0.6) is 0 Å². The van der Waals surface area contributed by atoms with E-state index in [9.17, 15) is 27.6 Å². The number of benzene rings is 4. The van der Waals surface area contributed by atoms with Crippen LogP contribution in [-0.2, 0) is 28.1 Å². The normalized spacial score (nSPS) is 12.5. The number of hydrazone groups is 1. The summed E-state index contributed by atoms with van der Waals surface area (Å²) in [6.07, 6.45) is 2.20. The van der Waals surface area contributed by atoms with Gasteiger partial charge in [-0.1, -0.05) is 60.1 Å². The maximum Gasteiger partial charge on any atom is 0.417 e. The van der Waals surface area contributed by atoms with E-state index in [1.54, 1.807) is 11.8 Å². The number of hydrogen-bond donors (Lipinski definition) is 3. The van der Waals surface area contributed by atoms with Crippen LogP contribution < -0.4 is 21.0 Å². The van der Waals surface area contributed by atoms with Gasteiger partial charge in [-0.2, -0.15) is 30.0 Å². The first kappa shape index (κ1) is 42.8. The van der Waals surface area contributed by atoms with Crippen LogP contribution in [0, 0.1) is 6.92 Å². The number of nitrogens with one attached hydrogen (secondary N) is 3. The Hall–Kier alpha value is -4.65. The van der Waals surface area contributed by atoms with Crippen molar-refractivity contribution in [3.63, 3.8) is 0 Å². The van der Waals surface area contributed by atoms with Crippen molar-refractivity contribution in [2.45, 2.75) is 51.1 Å². The third kappa shape index (κ3) is 15.5. The van der Waals surface area contributed by atoms with E-state index in [2.05, 4.69) is 44.9 Å². The number of aryl methyl sites for hydroxylation is 1. The molecular formula is C40H45ClF3N5O3S. The number of nitrogens with zero attached hydrogens (tertiary/aromatic N) is 2. The molecule has 53 heavy (non-hydrogen) atoms. The van der Waals surface area contributed by atoms with Crippen LogP contribution in [0.1, 0.15) is 63.9 Å². The van der Waals surface area contributed by atoms with E-state index in [0.717, 1.165) is 72.6 Å². The van der Waals surface area contributed by atoms with Crippen LogP contribution in [0.3, 0.4) is 0 Å². The average Bonchev–Trinajstić information content (AvgIpc) is 3.16. The van der Waals surface area contributed by atoms with Crippen LogP contribution in [-0.4, -0.2) is 50.7 Å². The Morgan fingerprint density at radius 3 is 2.32 bits per heavy atom. The van der Waals surface area contributed by atoms with Crippen LogP contribution in [0.15, 0.2) is 96.1 Å². The molecule has 8 nitrogen and oxygen atoms in total. The van der Waals surface area contributed by atoms with Crippen molar-refractivity contribution in [1.82, 2.24) is 10.7 Å². The molecule has 1 heterocycles. The SMILES string of the molecule is CNCc1ccccc1.Cc1cc(N2CCCCC2)ccc1NC(=O)c1cccc(CSCCC=O)c1.O=CN/N=C/c1ccc(Cl)c(C(F)(F)F)c1. The highest BCUT2D eigenvalue weighted by Gasteiger charge is 2.33. The topological polar surface area (TPSA) is 103 Å². The smallest absolute Gasteiger partial charge is 0.372 e. The maximum absolute atomic E-state index is 12.7. The predicted octanol–water partition coefficient (Wildman–Crippen LogP) is 8.90. The van der Waals surface area contributed by atoms with Gasteiger partial charge in [-0.15, -0.1) is 0 Å². The van der Waals surface area contributed by atoms with E-state index >= 15 is 0 Å². The second kappa shape index (κ2) is 23.1. The minimum atomic E-state index is -4.51. The van der Waals surface area contributed by atoms with Crippen LogP contribution in [0.4, 0.5) is 24.5 Å². The lowest BCUT2D eigenvalue weighted by atomic mass is 10.1. The monoisotopic (exact) mass is 767 g/mol. The summed E-state index contributed by atoms with van der Waals surface area (Å²) in [4.78, 5) is 35.4. The Morgan fingerprint density at radius 1 is 0.925 bits per heavy atom. The Morgan fingerprint density at radius 2 is 1.66 bits per heavy atom. The second-order valence-corrected chi connectivity index (χ2v) is 13.5. The number of thioether (sulfide) groups is 1. The highest BCUT2D eigenvalue weighted by atomic mass is 35.5. The summed E-state index contributed by atoms with van der Waals surface area (Å²) in [6, 6.07) is 27.6. The van der Waals surface area contributed by atoms with E-state index in [1.165, 1.54) is 36.6 Å². The number of rotatable bonds is 13. The third-order valence-electron chi connectivity index (χ3n) is 7.88. The molecule has 1 saturated heterocycles. The van der Waals surface area contributed by atoms with Gasteiger partial charge in [0, 0.05) is 54.5 Å². The number of piperidine rings is 1. The molecule has 0 spiro atoms.